The predicted molar refractivity (Wildman–Crippen MR) is 84.1 cm³/mol. The summed E-state index contributed by atoms with van der Waals surface area (Å²) in [7, 11) is 1.84. The van der Waals surface area contributed by atoms with Crippen LogP contribution in [0.1, 0.15) is 36.9 Å². The number of rotatable bonds is 7. The molecule has 116 valence electrons. The number of hydrogen-bond donors (Lipinski definition) is 1. The Balaban J connectivity index is 2.01. The summed E-state index contributed by atoms with van der Waals surface area (Å²) in [6, 6.07) is 8.86. The van der Waals surface area contributed by atoms with Crippen molar-refractivity contribution < 1.29 is 9.90 Å². The molecule has 4 heteroatoms. The molecule has 0 spiro atoms. The minimum absolute atomic E-state index is 0.135. The number of aliphatic hydroxyl groups is 1. The monoisotopic (exact) mass is 290 g/mol. The van der Waals surface area contributed by atoms with Crippen LogP contribution >= 0.6 is 0 Å². The first-order chi connectivity index (χ1) is 10.2. The summed E-state index contributed by atoms with van der Waals surface area (Å²) in [6.45, 7) is 4.20. The third-order valence-electron chi connectivity index (χ3n) is 4.44. The molecule has 1 aliphatic carbocycles. The van der Waals surface area contributed by atoms with Crippen LogP contribution in [0.5, 0.6) is 0 Å². The summed E-state index contributed by atoms with van der Waals surface area (Å²) < 4.78 is 0. The third-order valence-corrected chi connectivity index (χ3v) is 4.44. The van der Waals surface area contributed by atoms with E-state index >= 15 is 0 Å². The Hall–Kier alpha value is -1.39. The molecule has 21 heavy (non-hydrogen) atoms. The number of nitrogens with zero attached hydrogens (tertiary/aromatic N) is 2. The smallest absolute Gasteiger partial charge is 0.223 e. The van der Waals surface area contributed by atoms with Crippen LogP contribution in [0.25, 0.3) is 0 Å². The van der Waals surface area contributed by atoms with Crippen LogP contribution < -0.4 is 0 Å². The molecule has 1 aromatic rings. The number of aryl methyl sites for hydroxylation is 1. The first-order valence-electron chi connectivity index (χ1n) is 7.84. The molecule has 0 saturated heterocycles. The van der Waals surface area contributed by atoms with Crippen molar-refractivity contribution in [3.8, 4) is 0 Å². The lowest BCUT2D eigenvalue weighted by Gasteiger charge is -2.29. The fourth-order valence-corrected chi connectivity index (χ4v) is 3.07. The maximum Gasteiger partial charge on any atom is 0.223 e. The maximum absolute atomic E-state index is 12.0. The second-order valence-corrected chi connectivity index (χ2v) is 5.67. The van der Waals surface area contributed by atoms with E-state index in [-0.39, 0.29) is 12.5 Å². The normalized spacial score (nSPS) is 17.0. The topological polar surface area (TPSA) is 43.8 Å². The van der Waals surface area contributed by atoms with Crippen molar-refractivity contribution >= 4 is 5.91 Å². The summed E-state index contributed by atoms with van der Waals surface area (Å²) in [6.07, 6.45) is 2.69. The third kappa shape index (κ3) is 3.83. The first kappa shape index (κ1) is 16.0. The van der Waals surface area contributed by atoms with Crippen LogP contribution in [0.2, 0.25) is 0 Å². The van der Waals surface area contributed by atoms with Crippen LogP contribution in [0, 0.1) is 0 Å². The summed E-state index contributed by atoms with van der Waals surface area (Å²) in [5.41, 5.74) is 2.77. The molecule has 0 aromatic heterocycles. The Morgan fingerprint density at radius 3 is 2.81 bits per heavy atom. The summed E-state index contributed by atoms with van der Waals surface area (Å²) in [4.78, 5) is 16.0. The second kappa shape index (κ2) is 7.57. The molecule has 0 saturated carbocycles. The van der Waals surface area contributed by atoms with Gasteiger partial charge in [0.2, 0.25) is 5.91 Å². The van der Waals surface area contributed by atoms with Gasteiger partial charge in [0.25, 0.3) is 0 Å². The lowest BCUT2D eigenvalue weighted by Crippen LogP contribution is -2.35. The summed E-state index contributed by atoms with van der Waals surface area (Å²) in [5.74, 6) is 0.173. The molecular formula is C17H26N2O2. The lowest BCUT2D eigenvalue weighted by atomic mass is 10.1. The Bertz CT molecular complexity index is 476. The van der Waals surface area contributed by atoms with E-state index in [1.54, 1.807) is 4.90 Å². The van der Waals surface area contributed by atoms with Crippen molar-refractivity contribution in [2.24, 2.45) is 0 Å². The van der Waals surface area contributed by atoms with E-state index in [4.69, 9.17) is 0 Å². The van der Waals surface area contributed by atoms with Crippen LogP contribution in [-0.4, -0.2) is 54.1 Å². The van der Waals surface area contributed by atoms with E-state index in [9.17, 15) is 9.90 Å². The lowest BCUT2D eigenvalue weighted by molar-refractivity contribution is -0.130. The van der Waals surface area contributed by atoms with E-state index in [2.05, 4.69) is 29.2 Å². The van der Waals surface area contributed by atoms with Gasteiger partial charge in [0.15, 0.2) is 0 Å². The van der Waals surface area contributed by atoms with Gasteiger partial charge < -0.3 is 10.0 Å². The Kier molecular flexibility index (Phi) is 5.76. The number of fused-ring (bicyclic) bond motifs is 1. The van der Waals surface area contributed by atoms with E-state index in [1.165, 1.54) is 11.1 Å². The van der Waals surface area contributed by atoms with Gasteiger partial charge in [-0.2, -0.15) is 0 Å². The van der Waals surface area contributed by atoms with Gasteiger partial charge in [0.05, 0.1) is 6.61 Å². The average Bonchev–Trinajstić information content (AvgIpc) is 2.94. The standard InChI is InChI=1S/C17H26N2O2/c1-3-18(2)17(21)10-11-19(12-13-20)16-9-8-14-6-4-5-7-15(14)16/h4-7,16,20H,3,8-13H2,1-2H3. The van der Waals surface area contributed by atoms with Gasteiger partial charge >= 0.3 is 0 Å². The molecule has 1 unspecified atom stereocenters. The molecule has 1 amide bonds. The average molecular weight is 290 g/mol. The highest BCUT2D eigenvalue weighted by molar-refractivity contribution is 5.76. The van der Waals surface area contributed by atoms with Crippen molar-refractivity contribution in [2.75, 3.05) is 33.3 Å². The molecule has 1 N–H and O–H groups in total. The van der Waals surface area contributed by atoms with Crippen molar-refractivity contribution in [3.63, 3.8) is 0 Å². The molecule has 0 heterocycles. The van der Waals surface area contributed by atoms with Crippen LogP contribution in [0.4, 0.5) is 0 Å². The van der Waals surface area contributed by atoms with Gasteiger partial charge in [-0.3, -0.25) is 9.69 Å². The number of carbonyl (C=O) groups is 1. The highest BCUT2D eigenvalue weighted by atomic mass is 16.3. The van der Waals surface area contributed by atoms with E-state index < -0.39 is 0 Å². The second-order valence-electron chi connectivity index (χ2n) is 5.67. The van der Waals surface area contributed by atoms with Crippen molar-refractivity contribution in [1.82, 2.24) is 9.80 Å². The first-order valence-corrected chi connectivity index (χ1v) is 7.84. The van der Waals surface area contributed by atoms with E-state index in [1.807, 2.05) is 14.0 Å². The fourth-order valence-electron chi connectivity index (χ4n) is 3.07. The zero-order chi connectivity index (χ0) is 15.2. The number of amides is 1. The quantitative estimate of drug-likeness (QED) is 0.833. The van der Waals surface area contributed by atoms with Crippen LogP contribution in [-0.2, 0) is 11.2 Å². The van der Waals surface area contributed by atoms with Gasteiger partial charge in [-0.25, -0.2) is 0 Å². The van der Waals surface area contributed by atoms with Crippen molar-refractivity contribution in [1.29, 1.82) is 0 Å². The largest absolute Gasteiger partial charge is 0.395 e. The fraction of sp³-hybridized carbons (Fsp3) is 0.588. The molecule has 0 radical (unpaired) electrons. The number of carbonyl (C=O) groups excluding carboxylic acids is 1. The molecule has 4 nitrogen and oxygen atoms in total. The maximum atomic E-state index is 12.0. The molecule has 1 atom stereocenters. The van der Waals surface area contributed by atoms with E-state index in [0.717, 1.165) is 19.4 Å². The molecule has 2 rings (SSSR count). The molecule has 0 bridgehead atoms. The zero-order valence-electron chi connectivity index (χ0n) is 13.1. The number of hydrogen-bond acceptors (Lipinski definition) is 3. The molecule has 0 fully saturated rings. The van der Waals surface area contributed by atoms with Gasteiger partial charge in [-0.05, 0) is 30.9 Å². The van der Waals surface area contributed by atoms with Crippen LogP contribution in [0.15, 0.2) is 24.3 Å². The SMILES string of the molecule is CCN(C)C(=O)CCN(CCO)C1CCc2ccccc21. The highest BCUT2D eigenvalue weighted by Crippen LogP contribution is 2.35. The predicted octanol–water partition coefficient (Wildman–Crippen LogP) is 1.84. The molecule has 1 aromatic carbocycles. The summed E-state index contributed by atoms with van der Waals surface area (Å²) in [5, 5.41) is 9.33. The van der Waals surface area contributed by atoms with E-state index in [0.29, 0.717) is 25.6 Å². The summed E-state index contributed by atoms with van der Waals surface area (Å²) >= 11 is 0. The minimum atomic E-state index is 0.135. The molecule has 1 aliphatic rings. The zero-order valence-corrected chi connectivity index (χ0v) is 13.1. The Morgan fingerprint density at radius 1 is 1.33 bits per heavy atom. The minimum Gasteiger partial charge on any atom is -0.395 e. The van der Waals surface area contributed by atoms with Crippen molar-refractivity contribution in [2.45, 2.75) is 32.2 Å². The van der Waals surface area contributed by atoms with Gasteiger partial charge in [0, 0.05) is 39.1 Å². The van der Waals surface area contributed by atoms with Crippen molar-refractivity contribution in [3.05, 3.63) is 35.4 Å². The van der Waals surface area contributed by atoms with Crippen LogP contribution in [0.3, 0.4) is 0 Å². The Morgan fingerprint density at radius 2 is 2.10 bits per heavy atom. The number of benzene rings is 1. The highest BCUT2D eigenvalue weighted by Gasteiger charge is 2.27. The number of aliphatic hydroxyl groups excluding tert-OH is 1. The van der Waals surface area contributed by atoms with Gasteiger partial charge in [-0.1, -0.05) is 24.3 Å². The molecule has 0 aliphatic heterocycles. The Labute approximate surface area is 127 Å². The van der Waals surface area contributed by atoms with Gasteiger partial charge in [-0.15, -0.1) is 0 Å². The molecular weight excluding hydrogens is 264 g/mol. The van der Waals surface area contributed by atoms with Gasteiger partial charge in [0.1, 0.15) is 0 Å².